The summed E-state index contributed by atoms with van der Waals surface area (Å²) in [6.07, 6.45) is 8.59. The molecule has 0 fully saturated rings. The number of aromatic nitrogens is 2. The van der Waals surface area contributed by atoms with Gasteiger partial charge in [-0.15, -0.1) is 0 Å². The van der Waals surface area contributed by atoms with E-state index in [1.165, 1.54) is 16.8 Å². The zero-order valence-corrected chi connectivity index (χ0v) is 12.5. The zero-order chi connectivity index (χ0) is 14.9. The van der Waals surface area contributed by atoms with Crippen molar-refractivity contribution in [2.75, 3.05) is 11.9 Å². The molecule has 0 N–H and O–H groups in total. The van der Waals surface area contributed by atoms with Gasteiger partial charge in [0.1, 0.15) is 0 Å². The Morgan fingerprint density at radius 2 is 1.82 bits per heavy atom. The number of anilines is 1. The predicted octanol–water partition coefficient (Wildman–Crippen LogP) is 3.88. The summed E-state index contributed by atoms with van der Waals surface area (Å²) < 4.78 is 0. The summed E-state index contributed by atoms with van der Waals surface area (Å²) >= 11 is 0. The fourth-order valence-electron chi connectivity index (χ4n) is 3.21. The van der Waals surface area contributed by atoms with E-state index in [0.717, 1.165) is 17.5 Å². The summed E-state index contributed by atoms with van der Waals surface area (Å²) in [5, 5.41) is 0. The number of para-hydroxylation sites is 1. The van der Waals surface area contributed by atoms with Crippen molar-refractivity contribution in [2.24, 2.45) is 0 Å². The van der Waals surface area contributed by atoms with E-state index in [-0.39, 0.29) is 0 Å². The summed E-state index contributed by atoms with van der Waals surface area (Å²) in [7, 11) is 2.16. The fourth-order valence-corrected chi connectivity index (χ4v) is 3.21. The van der Waals surface area contributed by atoms with Crippen molar-refractivity contribution in [1.82, 2.24) is 9.97 Å². The van der Waals surface area contributed by atoms with Crippen LogP contribution in [0.3, 0.4) is 0 Å². The topological polar surface area (TPSA) is 29.0 Å². The highest BCUT2D eigenvalue weighted by molar-refractivity contribution is 5.64. The Labute approximate surface area is 130 Å². The van der Waals surface area contributed by atoms with E-state index in [1.54, 1.807) is 6.20 Å². The third-order valence-electron chi connectivity index (χ3n) is 4.39. The molecule has 0 saturated carbocycles. The molecule has 3 heteroatoms. The Bertz CT molecular complexity index is 799. The van der Waals surface area contributed by atoms with Crippen molar-refractivity contribution >= 4 is 5.69 Å². The van der Waals surface area contributed by atoms with E-state index in [9.17, 15) is 0 Å². The van der Waals surface area contributed by atoms with Crippen molar-refractivity contribution in [3.63, 3.8) is 0 Å². The molecular weight excluding hydrogens is 270 g/mol. The van der Waals surface area contributed by atoms with Gasteiger partial charge < -0.3 is 4.90 Å². The molecule has 4 rings (SSSR count). The number of hydrogen-bond acceptors (Lipinski definition) is 3. The molecule has 0 radical (unpaired) electrons. The lowest BCUT2D eigenvalue weighted by molar-refractivity contribution is 0.713. The molecule has 0 bridgehead atoms. The molecule has 3 aromatic rings. The second-order valence-corrected chi connectivity index (χ2v) is 5.71. The number of likely N-dealkylation sites (N-methyl/N-ethyl adjacent to an activating group) is 1. The summed E-state index contributed by atoms with van der Waals surface area (Å²) in [4.78, 5) is 11.0. The van der Waals surface area contributed by atoms with Crippen molar-refractivity contribution < 1.29 is 0 Å². The Balaban J connectivity index is 1.70. The summed E-state index contributed by atoms with van der Waals surface area (Å²) in [6, 6.07) is 15.2. The minimum Gasteiger partial charge on any atom is -0.367 e. The largest absolute Gasteiger partial charge is 0.367 e. The number of nitrogens with zero attached hydrogens (tertiary/aromatic N) is 3. The van der Waals surface area contributed by atoms with E-state index in [0.29, 0.717) is 6.04 Å². The van der Waals surface area contributed by atoms with E-state index < -0.39 is 0 Å². The Morgan fingerprint density at radius 3 is 2.64 bits per heavy atom. The van der Waals surface area contributed by atoms with Crippen LogP contribution < -0.4 is 4.90 Å². The van der Waals surface area contributed by atoms with Gasteiger partial charge in [0, 0.05) is 48.6 Å². The smallest absolute Gasteiger partial charge is 0.0595 e. The van der Waals surface area contributed by atoms with Crippen LogP contribution >= 0.6 is 0 Å². The van der Waals surface area contributed by atoms with Crippen LogP contribution in [-0.2, 0) is 6.42 Å². The normalized spacial score (nSPS) is 16.6. The molecule has 0 saturated heterocycles. The van der Waals surface area contributed by atoms with Gasteiger partial charge in [-0.1, -0.05) is 24.3 Å². The minimum absolute atomic E-state index is 0.349. The second kappa shape index (κ2) is 5.26. The SMILES string of the molecule is CN1c2ccccc2CC1c1cncc(-c2cccnc2)c1. The lowest BCUT2D eigenvalue weighted by atomic mass is 10.0. The van der Waals surface area contributed by atoms with Crippen LogP contribution in [0, 0.1) is 0 Å². The quantitative estimate of drug-likeness (QED) is 0.716. The molecule has 0 amide bonds. The van der Waals surface area contributed by atoms with E-state index in [4.69, 9.17) is 0 Å². The van der Waals surface area contributed by atoms with Gasteiger partial charge in [0.25, 0.3) is 0 Å². The van der Waals surface area contributed by atoms with Gasteiger partial charge in [-0.05, 0) is 35.7 Å². The maximum atomic E-state index is 4.45. The average Bonchev–Trinajstić information content (AvgIpc) is 2.93. The van der Waals surface area contributed by atoms with E-state index in [1.807, 2.05) is 24.7 Å². The van der Waals surface area contributed by atoms with Gasteiger partial charge in [-0.3, -0.25) is 9.97 Å². The summed E-state index contributed by atoms with van der Waals surface area (Å²) in [5.74, 6) is 0. The molecule has 1 unspecified atom stereocenters. The molecule has 22 heavy (non-hydrogen) atoms. The van der Waals surface area contributed by atoms with Gasteiger partial charge in [-0.25, -0.2) is 0 Å². The highest BCUT2D eigenvalue weighted by atomic mass is 15.2. The van der Waals surface area contributed by atoms with Crippen molar-refractivity contribution in [3.8, 4) is 11.1 Å². The van der Waals surface area contributed by atoms with Gasteiger partial charge in [0.05, 0.1) is 6.04 Å². The molecular formula is C19H17N3. The van der Waals surface area contributed by atoms with Crippen LogP contribution in [0.2, 0.25) is 0 Å². The van der Waals surface area contributed by atoms with E-state index in [2.05, 4.69) is 58.3 Å². The van der Waals surface area contributed by atoms with Gasteiger partial charge in [0.15, 0.2) is 0 Å². The van der Waals surface area contributed by atoms with E-state index >= 15 is 0 Å². The molecule has 0 aliphatic carbocycles. The van der Waals surface area contributed by atoms with Crippen LogP contribution in [0.25, 0.3) is 11.1 Å². The predicted molar refractivity (Wildman–Crippen MR) is 88.8 cm³/mol. The molecule has 0 spiro atoms. The first-order valence-electron chi connectivity index (χ1n) is 7.49. The third kappa shape index (κ3) is 2.15. The number of hydrogen-bond donors (Lipinski definition) is 0. The highest BCUT2D eigenvalue weighted by Crippen LogP contribution is 2.39. The molecule has 1 aliphatic heterocycles. The first-order chi connectivity index (χ1) is 10.8. The number of benzene rings is 1. The van der Waals surface area contributed by atoms with Gasteiger partial charge >= 0.3 is 0 Å². The lowest BCUT2D eigenvalue weighted by Gasteiger charge is -2.23. The monoisotopic (exact) mass is 287 g/mol. The Kier molecular flexibility index (Phi) is 3.11. The lowest BCUT2D eigenvalue weighted by Crippen LogP contribution is -2.19. The molecule has 1 atom stereocenters. The minimum atomic E-state index is 0.349. The number of rotatable bonds is 2. The average molecular weight is 287 g/mol. The van der Waals surface area contributed by atoms with Crippen molar-refractivity contribution in [1.29, 1.82) is 0 Å². The molecule has 3 heterocycles. The standard InChI is InChI=1S/C19H17N3/c1-22-18-7-3-2-5-14(18)10-19(22)17-9-16(12-21-13-17)15-6-4-8-20-11-15/h2-9,11-13,19H,10H2,1H3. The van der Waals surface area contributed by atoms with Crippen molar-refractivity contribution in [2.45, 2.75) is 12.5 Å². The fraction of sp³-hybridized carbons (Fsp3) is 0.158. The number of pyridine rings is 2. The molecule has 1 aliphatic rings. The number of fused-ring (bicyclic) bond motifs is 1. The Morgan fingerprint density at radius 1 is 0.955 bits per heavy atom. The van der Waals surface area contributed by atoms with Crippen LogP contribution in [0.15, 0.2) is 67.3 Å². The maximum absolute atomic E-state index is 4.45. The highest BCUT2D eigenvalue weighted by Gasteiger charge is 2.27. The molecule has 108 valence electrons. The van der Waals surface area contributed by atoms with Crippen LogP contribution in [0.5, 0.6) is 0 Å². The third-order valence-corrected chi connectivity index (χ3v) is 4.39. The molecule has 1 aromatic carbocycles. The van der Waals surface area contributed by atoms with Crippen molar-refractivity contribution in [3.05, 3.63) is 78.4 Å². The molecule has 3 nitrogen and oxygen atoms in total. The van der Waals surface area contributed by atoms with Crippen LogP contribution in [0.4, 0.5) is 5.69 Å². The first-order valence-corrected chi connectivity index (χ1v) is 7.49. The Hall–Kier alpha value is -2.68. The summed E-state index contributed by atoms with van der Waals surface area (Å²) in [6.45, 7) is 0. The molecule has 2 aromatic heterocycles. The maximum Gasteiger partial charge on any atom is 0.0595 e. The van der Waals surface area contributed by atoms with Gasteiger partial charge in [0.2, 0.25) is 0 Å². The second-order valence-electron chi connectivity index (χ2n) is 5.71. The van der Waals surface area contributed by atoms with Crippen LogP contribution in [0.1, 0.15) is 17.2 Å². The first kappa shape index (κ1) is 13.0. The summed E-state index contributed by atoms with van der Waals surface area (Å²) in [5.41, 5.74) is 6.20. The van der Waals surface area contributed by atoms with Gasteiger partial charge in [-0.2, -0.15) is 0 Å². The van der Waals surface area contributed by atoms with Crippen LogP contribution in [-0.4, -0.2) is 17.0 Å². The zero-order valence-electron chi connectivity index (χ0n) is 12.5.